The molecule has 0 saturated carbocycles. The molecule has 0 radical (unpaired) electrons. The van der Waals surface area contributed by atoms with Gasteiger partial charge in [0.25, 0.3) is 0 Å². The molecule has 4 rings (SSSR count). The fraction of sp³-hybridized carbons (Fsp3) is 0.375. The lowest BCUT2D eigenvalue weighted by Crippen LogP contribution is -2.40. The Morgan fingerprint density at radius 2 is 1.76 bits per heavy atom. The summed E-state index contributed by atoms with van der Waals surface area (Å²) in [5.74, 6) is 0. The summed E-state index contributed by atoms with van der Waals surface area (Å²) in [6.45, 7) is 5.10. The fourth-order valence-electron chi connectivity index (χ4n) is 3.70. The number of hydrogen-bond donors (Lipinski definition) is 0. The minimum atomic E-state index is -3.51. The van der Waals surface area contributed by atoms with Gasteiger partial charge in [-0.25, -0.2) is 13.4 Å². The Balaban J connectivity index is 1.66. The van der Waals surface area contributed by atoms with Crippen molar-refractivity contribution in [2.24, 2.45) is 4.99 Å². The van der Waals surface area contributed by atoms with E-state index < -0.39 is 10.0 Å². The van der Waals surface area contributed by atoms with Crippen LogP contribution in [0, 0.1) is 6.92 Å². The van der Waals surface area contributed by atoms with Crippen molar-refractivity contribution in [2.45, 2.75) is 24.8 Å². The van der Waals surface area contributed by atoms with Crippen molar-refractivity contribution >= 4 is 27.0 Å². The third kappa shape index (κ3) is 5.62. The van der Waals surface area contributed by atoms with Gasteiger partial charge in [-0.05, 0) is 43.2 Å². The van der Waals surface area contributed by atoms with Gasteiger partial charge >= 0.3 is 0 Å². The molecule has 7 nitrogen and oxygen atoms in total. The van der Waals surface area contributed by atoms with Gasteiger partial charge in [0, 0.05) is 38.7 Å². The number of methoxy groups -OCH3 is 1. The van der Waals surface area contributed by atoms with Gasteiger partial charge in [-0.3, -0.25) is 0 Å². The minimum Gasteiger partial charge on any atom is -0.385 e. The summed E-state index contributed by atoms with van der Waals surface area (Å²) < 4.78 is 40.1. The standard InChI is InChI=1S/C24H29N3O4S2/c1-19-4-8-21(9-5-19)25-24-27(12-3-15-30-2)23(18-32-24)20-6-10-22(11-7-20)33(28,29)26-13-16-31-17-14-26/h4-11,18H,3,12-17H2,1-2H3. The second-order valence-corrected chi connectivity index (χ2v) is 10.7. The molecule has 1 aliphatic heterocycles. The van der Waals surface area contributed by atoms with Gasteiger partial charge in [0.05, 0.1) is 29.5 Å². The number of rotatable bonds is 8. The number of benzene rings is 2. The van der Waals surface area contributed by atoms with Crippen LogP contribution in [-0.4, -0.2) is 57.3 Å². The summed E-state index contributed by atoms with van der Waals surface area (Å²) >= 11 is 1.58. The smallest absolute Gasteiger partial charge is 0.243 e. The zero-order chi connectivity index (χ0) is 23.3. The summed E-state index contributed by atoms with van der Waals surface area (Å²) in [6.07, 6.45) is 0.852. The Morgan fingerprint density at radius 3 is 2.42 bits per heavy atom. The molecule has 2 aromatic carbocycles. The molecule has 0 unspecified atom stereocenters. The first-order valence-corrected chi connectivity index (χ1v) is 13.3. The van der Waals surface area contributed by atoms with E-state index in [9.17, 15) is 8.42 Å². The largest absolute Gasteiger partial charge is 0.385 e. The number of morpholine rings is 1. The summed E-state index contributed by atoms with van der Waals surface area (Å²) in [6, 6.07) is 15.3. The molecule has 1 aliphatic rings. The Bertz CT molecular complexity index is 1220. The number of thiazole rings is 1. The molecule has 3 aromatic rings. The molecule has 0 N–H and O–H groups in total. The van der Waals surface area contributed by atoms with Crippen molar-refractivity contribution in [3.8, 4) is 11.3 Å². The summed E-state index contributed by atoms with van der Waals surface area (Å²) in [5, 5.41) is 2.07. The van der Waals surface area contributed by atoms with Crippen LogP contribution in [0.1, 0.15) is 12.0 Å². The molecule has 1 aromatic heterocycles. The van der Waals surface area contributed by atoms with Crippen LogP contribution in [0.3, 0.4) is 0 Å². The first-order valence-electron chi connectivity index (χ1n) is 11.0. The van der Waals surface area contributed by atoms with Crippen LogP contribution in [0.15, 0.2) is 63.8 Å². The summed E-state index contributed by atoms with van der Waals surface area (Å²) in [7, 11) is -1.81. The predicted molar refractivity (Wildman–Crippen MR) is 130 cm³/mol. The number of aromatic nitrogens is 1. The van der Waals surface area contributed by atoms with Gasteiger partial charge in [0.15, 0.2) is 4.80 Å². The van der Waals surface area contributed by atoms with Crippen molar-refractivity contribution in [1.82, 2.24) is 8.87 Å². The number of hydrogen-bond acceptors (Lipinski definition) is 6. The Morgan fingerprint density at radius 1 is 1.06 bits per heavy atom. The van der Waals surface area contributed by atoms with E-state index in [2.05, 4.69) is 29.0 Å². The zero-order valence-electron chi connectivity index (χ0n) is 18.9. The van der Waals surface area contributed by atoms with Gasteiger partial charge in [0.2, 0.25) is 10.0 Å². The molecule has 0 bridgehead atoms. The molecule has 9 heteroatoms. The van der Waals surface area contributed by atoms with Crippen LogP contribution in [-0.2, 0) is 26.0 Å². The molecule has 1 fully saturated rings. The molecular formula is C24H29N3O4S2. The maximum Gasteiger partial charge on any atom is 0.243 e. The van der Waals surface area contributed by atoms with E-state index in [4.69, 9.17) is 14.5 Å². The van der Waals surface area contributed by atoms with Crippen LogP contribution in [0.4, 0.5) is 5.69 Å². The normalized spacial score (nSPS) is 15.8. The molecule has 2 heterocycles. The van der Waals surface area contributed by atoms with Crippen molar-refractivity contribution in [2.75, 3.05) is 40.0 Å². The van der Waals surface area contributed by atoms with Crippen molar-refractivity contribution in [3.05, 3.63) is 64.3 Å². The van der Waals surface area contributed by atoms with Gasteiger partial charge in [0.1, 0.15) is 0 Å². The quantitative estimate of drug-likeness (QED) is 0.453. The molecule has 0 aliphatic carbocycles. The average Bonchev–Trinajstić information content (AvgIpc) is 3.23. The van der Waals surface area contributed by atoms with Gasteiger partial charge in [-0.1, -0.05) is 29.8 Å². The Labute approximate surface area is 199 Å². The molecular weight excluding hydrogens is 458 g/mol. The van der Waals surface area contributed by atoms with Crippen LogP contribution >= 0.6 is 11.3 Å². The van der Waals surface area contributed by atoms with Gasteiger partial charge in [-0.15, -0.1) is 11.3 Å². The highest BCUT2D eigenvalue weighted by Crippen LogP contribution is 2.25. The monoisotopic (exact) mass is 487 g/mol. The van der Waals surface area contributed by atoms with Crippen LogP contribution < -0.4 is 4.80 Å². The van der Waals surface area contributed by atoms with Crippen molar-refractivity contribution in [3.63, 3.8) is 0 Å². The number of sulfonamides is 1. The first kappa shape index (κ1) is 23.8. The molecule has 176 valence electrons. The Hall–Kier alpha value is -2.30. The number of nitrogens with zero attached hydrogens (tertiary/aromatic N) is 3. The minimum absolute atomic E-state index is 0.305. The molecule has 33 heavy (non-hydrogen) atoms. The van der Waals surface area contributed by atoms with Crippen molar-refractivity contribution < 1.29 is 17.9 Å². The third-order valence-corrected chi connectivity index (χ3v) is 8.32. The molecule has 0 atom stereocenters. The first-order chi connectivity index (χ1) is 16.0. The Kier molecular flexibility index (Phi) is 7.77. The summed E-state index contributed by atoms with van der Waals surface area (Å²) in [4.78, 5) is 6.05. The van der Waals surface area contributed by atoms with E-state index in [1.165, 1.54) is 9.87 Å². The van der Waals surface area contributed by atoms with E-state index in [0.717, 1.165) is 34.7 Å². The second-order valence-electron chi connectivity index (χ2n) is 7.89. The van der Waals surface area contributed by atoms with E-state index in [-0.39, 0.29) is 0 Å². The summed E-state index contributed by atoms with van der Waals surface area (Å²) in [5.41, 5.74) is 4.06. The van der Waals surface area contributed by atoms with Gasteiger partial charge in [-0.2, -0.15) is 4.31 Å². The topological polar surface area (TPSA) is 73.1 Å². The van der Waals surface area contributed by atoms with Crippen molar-refractivity contribution in [1.29, 1.82) is 0 Å². The lowest BCUT2D eigenvalue weighted by molar-refractivity contribution is 0.0730. The van der Waals surface area contributed by atoms with E-state index in [0.29, 0.717) is 37.8 Å². The average molecular weight is 488 g/mol. The third-order valence-electron chi connectivity index (χ3n) is 5.54. The number of ether oxygens (including phenoxy) is 2. The second kappa shape index (κ2) is 10.8. The number of aryl methyl sites for hydroxylation is 1. The highest BCUT2D eigenvalue weighted by atomic mass is 32.2. The zero-order valence-corrected chi connectivity index (χ0v) is 20.6. The SMILES string of the molecule is COCCCn1c(-c2ccc(S(=O)(=O)N3CCOCC3)cc2)csc1=Nc1ccc(C)cc1. The van der Waals surface area contributed by atoms with E-state index in [1.807, 2.05) is 24.3 Å². The van der Waals surface area contributed by atoms with E-state index in [1.54, 1.807) is 30.6 Å². The molecule has 0 amide bonds. The molecule has 1 saturated heterocycles. The highest BCUT2D eigenvalue weighted by Gasteiger charge is 2.26. The van der Waals surface area contributed by atoms with Crippen LogP contribution in [0.5, 0.6) is 0 Å². The maximum atomic E-state index is 12.9. The van der Waals surface area contributed by atoms with Crippen LogP contribution in [0.2, 0.25) is 0 Å². The lowest BCUT2D eigenvalue weighted by Gasteiger charge is -2.26. The van der Waals surface area contributed by atoms with Crippen LogP contribution in [0.25, 0.3) is 11.3 Å². The van der Waals surface area contributed by atoms with Gasteiger partial charge < -0.3 is 14.0 Å². The fourth-order valence-corrected chi connectivity index (χ4v) is 6.06. The molecule has 0 spiro atoms. The maximum absolute atomic E-state index is 12.9. The lowest BCUT2D eigenvalue weighted by atomic mass is 10.2. The predicted octanol–water partition coefficient (Wildman–Crippen LogP) is 3.81. The highest BCUT2D eigenvalue weighted by molar-refractivity contribution is 7.89. The van der Waals surface area contributed by atoms with E-state index >= 15 is 0 Å².